The van der Waals surface area contributed by atoms with Crippen molar-refractivity contribution in [3.05, 3.63) is 41.7 Å². The second kappa shape index (κ2) is 4.70. The van der Waals surface area contributed by atoms with Gasteiger partial charge in [-0.1, -0.05) is 12.1 Å². The molecule has 3 rings (SSSR count). The molecule has 1 atom stereocenters. The number of fused-ring (bicyclic) bond motifs is 1. The van der Waals surface area contributed by atoms with Gasteiger partial charge in [-0.05, 0) is 19.1 Å². The number of hydrogen-bond acceptors (Lipinski definition) is 4. The standard InChI is InChI=1S/C13H15N3O2/c1-9(11-5-6-15-16-11)14-7-10-3-2-4-12-13(10)18-8-17-12/h2-6,9,14H,7-8H2,1H3,(H,15,16). The lowest BCUT2D eigenvalue weighted by molar-refractivity contribution is 0.173. The summed E-state index contributed by atoms with van der Waals surface area (Å²) in [6.45, 7) is 3.13. The molecule has 18 heavy (non-hydrogen) atoms. The van der Waals surface area contributed by atoms with Crippen molar-refractivity contribution in [1.29, 1.82) is 0 Å². The van der Waals surface area contributed by atoms with E-state index in [0.717, 1.165) is 29.3 Å². The van der Waals surface area contributed by atoms with Crippen LogP contribution in [0, 0.1) is 0 Å². The Kier molecular flexibility index (Phi) is 2.90. The van der Waals surface area contributed by atoms with Gasteiger partial charge in [-0.2, -0.15) is 5.10 Å². The van der Waals surface area contributed by atoms with E-state index in [-0.39, 0.29) is 6.04 Å². The summed E-state index contributed by atoms with van der Waals surface area (Å²) in [5.41, 5.74) is 2.18. The fraction of sp³-hybridized carbons (Fsp3) is 0.308. The van der Waals surface area contributed by atoms with Crippen LogP contribution < -0.4 is 14.8 Å². The van der Waals surface area contributed by atoms with Gasteiger partial charge in [-0.25, -0.2) is 0 Å². The molecule has 2 N–H and O–H groups in total. The Hall–Kier alpha value is -2.01. The van der Waals surface area contributed by atoms with Gasteiger partial charge in [-0.15, -0.1) is 0 Å². The van der Waals surface area contributed by atoms with Crippen LogP contribution in [0.1, 0.15) is 24.2 Å². The molecule has 1 aliphatic heterocycles. The zero-order chi connectivity index (χ0) is 12.4. The Bertz CT molecular complexity index is 525. The Labute approximate surface area is 105 Å². The van der Waals surface area contributed by atoms with Crippen molar-refractivity contribution in [1.82, 2.24) is 15.5 Å². The molecule has 0 aliphatic carbocycles. The first-order valence-electron chi connectivity index (χ1n) is 5.95. The number of para-hydroxylation sites is 1. The van der Waals surface area contributed by atoms with E-state index >= 15 is 0 Å². The van der Waals surface area contributed by atoms with Crippen LogP contribution in [0.25, 0.3) is 0 Å². The number of ether oxygens (including phenoxy) is 2. The van der Waals surface area contributed by atoms with E-state index in [2.05, 4.69) is 22.4 Å². The molecule has 1 aromatic heterocycles. The summed E-state index contributed by atoms with van der Waals surface area (Å²) >= 11 is 0. The number of hydrogen-bond donors (Lipinski definition) is 2. The van der Waals surface area contributed by atoms with Crippen molar-refractivity contribution in [2.45, 2.75) is 19.5 Å². The Morgan fingerprint density at radius 2 is 2.33 bits per heavy atom. The second-order valence-corrected chi connectivity index (χ2v) is 4.27. The first kappa shape index (κ1) is 11.1. The summed E-state index contributed by atoms with van der Waals surface area (Å²) in [6.07, 6.45) is 1.75. The minimum atomic E-state index is 0.214. The zero-order valence-electron chi connectivity index (χ0n) is 10.1. The van der Waals surface area contributed by atoms with Crippen molar-refractivity contribution < 1.29 is 9.47 Å². The lowest BCUT2D eigenvalue weighted by atomic mass is 10.1. The van der Waals surface area contributed by atoms with Crippen LogP contribution in [0.2, 0.25) is 0 Å². The van der Waals surface area contributed by atoms with Crippen molar-refractivity contribution in [2.75, 3.05) is 6.79 Å². The van der Waals surface area contributed by atoms with Gasteiger partial charge < -0.3 is 14.8 Å². The summed E-state index contributed by atoms with van der Waals surface area (Å²) in [4.78, 5) is 0. The summed E-state index contributed by atoms with van der Waals surface area (Å²) in [5, 5.41) is 10.3. The summed E-state index contributed by atoms with van der Waals surface area (Å²) < 4.78 is 10.8. The SMILES string of the molecule is CC(NCc1cccc2c1OCO2)c1ccn[nH]1. The average Bonchev–Trinajstić information content (AvgIpc) is 3.05. The molecule has 0 saturated heterocycles. The van der Waals surface area contributed by atoms with Crippen LogP contribution in [-0.4, -0.2) is 17.0 Å². The molecule has 0 radical (unpaired) electrons. The van der Waals surface area contributed by atoms with Crippen LogP contribution in [0.15, 0.2) is 30.5 Å². The van der Waals surface area contributed by atoms with E-state index in [9.17, 15) is 0 Å². The minimum Gasteiger partial charge on any atom is -0.454 e. The third-order valence-corrected chi connectivity index (χ3v) is 3.07. The van der Waals surface area contributed by atoms with Crippen LogP contribution in [0.4, 0.5) is 0 Å². The van der Waals surface area contributed by atoms with Crippen LogP contribution >= 0.6 is 0 Å². The maximum absolute atomic E-state index is 5.47. The van der Waals surface area contributed by atoms with E-state index in [1.54, 1.807) is 6.20 Å². The molecule has 1 aromatic carbocycles. The van der Waals surface area contributed by atoms with Crippen molar-refractivity contribution >= 4 is 0 Å². The fourth-order valence-electron chi connectivity index (χ4n) is 2.01. The Balaban J connectivity index is 1.69. The first-order valence-corrected chi connectivity index (χ1v) is 5.95. The minimum absolute atomic E-state index is 0.214. The van der Waals surface area contributed by atoms with E-state index in [1.165, 1.54) is 0 Å². The van der Waals surface area contributed by atoms with Crippen molar-refractivity contribution in [3.8, 4) is 11.5 Å². The monoisotopic (exact) mass is 245 g/mol. The highest BCUT2D eigenvalue weighted by atomic mass is 16.7. The van der Waals surface area contributed by atoms with E-state index in [1.807, 2.05) is 24.3 Å². The molecule has 1 aliphatic rings. The number of rotatable bonds is 4. The van der Waals surface area contributed by atoms with Gasteiger partial charge in [0.15, 0.2) is 11.5 Å². The number of benzene rings is 1. The number of aromatic nitrogens is 2. The van der Waals surface area contributed by atoms with E-state index < -0.39 is 0 Å². The maximum Gasteiger partial charge on any atom is 0.231 e. The van der Waals surface area contributed by atoms with Crippen LogP contribution in [0.3, 0.4) is 0 Å². The average molecular weight is 245 g/mol. The summed E-state index contributed by atoms with van der Waals surface area (Å²) in [5.74, 6) is 1.67. The lowest BCUT2D eigenvalue weighted by Gasteiger charge is -2.13. The Morgan fingerprint density at radius 1 is 1.39 bits per heavy atom. The topological polar surface area (TPSA) is 59.2 Å². The number of nitrogens with one attached hydrogen (secondary N) is 2. The van der Waals surface area contributed by atoms with E-state index in [0.29, 0.717) is 6.79 Å². The van der Waals surface area contributed by atoms with Crippen LogP contribution in [0.5, 0.6) is 11.5 Å². The van der Waals surface area contributed by atoms with Crippen LogP contribution in [-0.2, 0) is 6.54 Å². The first-order chi connectivity index (χ1) is 8.84. The molecule has 94 valence electrons. The molecule has 0 amide bonds. The van der Waals surface area contributed by atoms with E-state index in [4.69, 9.17) is 9.47 Å². The number of aromatic amines is 1. The summed E-state index contributed by atoms with van der Waals surface area (Å²) in [6, 6.07) is 8.12. The quantitative estimate of drug-likeness (QED) is 0.864. The van der Waals surface area contributed by atoms with Gasteiger partial charge >= 0.3 is 0 Å². The molecule has 0 spiro atoms. The third kappa shape index (κ3) is 2.04. The fourth-order valence-corrected chi connectivity index (χ4v) is 2.01. The highest BCUT2D eigenvalue weighted by Crippen LogP contribution is 2.35. The van der Waals surface area contributed by atoms with Crippen molar-refractivity contribution in [2.24, 2.45) is 0 Å². The third-order valence-electron chi connectivity index (χ3n) is 3.07. The molecule has 2 heterocycles. The summed E-state index contributed by atoms with van der Waals surface area (Å²) in [7, 11) is 0. The largest absolute Gasteiger partial charge is 0.454 e. The van der Waals surface area contributed by atoms with Gasteiger partial charge in [0, 0.05) is 24.3 Å². The molecular weight excluding hydrogens is 230 g/mol. The highest BCUT2D eigenvalue weighted by molar-refractivity contribution is 5.48. The number of nitrogens with zero attached hydrogens (tertiary/aromatic N) is 1. The van der Waals surface area contributed by atoms with Gasteiger partial charge in [0.05, 0.1) is 5.69 Å². The second-order valence-electron chi connectivity index (χ2n) is 4.27. The number of H-pyrrole nitrogens is 1. The predicted octanol–water partition coefficient (Wildman–Crippen LogP) is 1.99. The lowest BCUT2D eigenvalue weighted by Crippen LogP contribution is -2.18. The van der Waals surface area contributed by atoms with Gasteiger partial charge in [0.25, 0.3) is 0 Å². The van der Waals surface area contributed by atoms with Crippen molar-refractivity contribution in [3.63, 3.8) is 0 Å². The zero-order valence-corrected chi connectivity index (χ0v) is 10.1. The molecule has 0 fully saturated rings. The maximum atomic E-state index is 5.47. The molecule has 5 nitrogen and oxygen atoms in total. The molecular formula is C13H15N3O2. The van der Waals surface area contributed by atoms with Gasteiger partial charge in [0.2, 0.25) is 6.79 Å². The predicted molar refractivity (Wildman–Crippen MR) is 66.4 cm³/mol. The van der Waals surface area contributed by atoms with Gasteiger partial charge in [0.1, 0.15) is 0 Å². The smallest absolute Gasteiger partial charge is 0.231 e. The Morgan fingerprint density at radius 3 is 3.17 bits per heavy atom. The van der Waals surface area contributed by atoms with Gasteiger partial charge in [-0.3, -0.25) is 5.10 Å². The normalized spacial score (nSPS) is 14.7. The highest BCUT2D eigenvalue weighted by Gasteiger charge is 2.17. The molecule has 5 heteroatoms. The molecule has 0 saturated carbocycles. The molecule has 1 unspecified atom stereocenters. The molecule has 0 bridgehead atoms. The molecule has 2 aromatic rings.